The van der Waals surface area contributed by atoms with Gasteiger partial charge in [-0.2, -0.15) is 0 Å². The van der Waals surface area contributed by atoms with Crippen LogP contribution in [0.25, 0.3) is 0 Å². The summed E-state index contributed by atoms with van der Waals surface area (Å²) in [5.74, 6) is 0. The van der Waals surface area contributed by atoms with Crippen LogP contribution in [0.15, 0.2) is 0 Å². The zero-order chi connectivity index (χ0) is 13.1. The highest BCUT2D eigenvalue weighted by molar-refractivity contribution is 4.76. The van der Waals surface area contributed by atoms with Gasteiger partial charge in [0.15, 0.2) is 0 Å². The van der Waals surface area contributed by atoms with Gasteiger partial charge in [0, 0.05) is 6.04 Å². The molecule has 2 heteroatoms. The number of unbranched alkanes of at least 4 members (excludes halogenated alkanes) is 5. The van der Waals surface area contributed by atoms with E-state index < -0.39 is 0 Å². The van der Waals surface area contributed by atoms with Gasteiger partial charge in [-0.05, 0) is 51.9 Å². The topological polar surface area (TPSA) is 15.3 Å². The lowest BCUT2D eigenvalue weighted by molar-refractivity contribution is 0.198. The predicted molar refractivity (Wildman–Crippen MR) is 81.1 cm³/mol. The molecule has 1 aliphatic rings. The van der Waals surface area contributed by atoms with E-state index in [1.165, 1.54) is 84.0 Å². The zero-order valence-electron chi connectivity index (χ0n) is 12.7. The lowest BCUT2D eigenvalue weighted by Gasteiger charge is -2.32. The molecule has 0 saturated carbocycles. The number of nitrogens with zero attached hydrogens (tertiary/aromatic N) is 1. The molecule has 0 bridgehead atoms. The van der Waals surface area contributed by atoms with Crippen molar-refractivity contribution in [2.24, 2.45) is 0 Å². The Balaban J connectivity index is 1.88. The monoisotopic (exact) mass is 254 g/mol. The molecule has 0 aromatic carbocycles. The fourth-order valence-electron chi connectivity index (χ4n) is 2.89. The van der Waals surface area contributed by atoms with Gasteiger partial charge in [-0.15, -0.1) is 0 Å². The minimum absolute atomic E-state index is 0.800. The molecule has 1 saturated heterocycles. The predicted octanol–water partition coefficient (Wildman–Crippen LogP) is 3.81. The third-order valence-corrected chi connectivity index (χ3v) is 4.09. The van der Waals surface area contributed by atoms with Crippen molar-refractivity contribution in [3.63, 3.8) is 0 Å². The summed E-state index contributed by atoms with van der Waals surface area (Å²) in [6.45, 7) is 9.72. The highest BCUT2D eigenvalue weighted by Gasteiger charge is 2.17. The van der Waals surface area contributed by atoms with Crippen LogP contribution in [-0.2, 0) is 0 Å². The van der Waals surface area contributed by atoms with Gasteiger partial charge in [-0.25, -0.2) is 0 Å². The molecule has 0 aromatic heterocycles. The van der Waals surface area contributed by atoms with Gasteiger partial charge in [0.25, 0.3) is 0 Å². The Hall–Kier alpha value is -0.0800. The molecule has 0 unspecified atom stereocenters. The molecule has 0 spiro atoms. The van der Waals surface area contributed by atoms with Crippen LogP contribution in [0.2, 0.25) is 0 Å². The Morgan fingerprint density at radius 2 is 1.56 bits per heavy atom. The second-order valence-electron chi connectivity index (χ2n) is 5.84. The number of rotatable bonds is 10. The molecule has 18 heavy (non-hydrogen) atoms. The average Bonchev–Trinajstić information content (AvgIpc) is 2.40. The molecular weight excluding hydrogens is 220 g/mol. The maximum absolute atomic E-state index is 3.75. The summed E-state index contributed by atoms with van der Waals surface area (Å²) in [5, 5.41) is 3.75. The van der Waals surface area contributed by atoms with Gasteiger partial charge in [0.2, 0.25) is 0 Å². The summed E-state index contributed by atoms with van der Waals surface area (Å²) < 4.78 is 0. The summed E-state index contributed by atoms with van der Waals surface area (Å²) >= 11 is 0. The molecule has 1 N–H and O–H groups in total. The number of hydrogen-bond acceptors (Lipinski definition) is 2. The number of nitrogens with one attached hydrogen (secondary N) is 1. The molecule has 1 aliphatic heterocycles. The third kappa shape index (κ3) is 7.38. The van der Waals surface area contributed by atoms with Crippen molar-refractivity contribution in [2.45, 2.75) is 77.7 Å². The van der Waals surface area contributed by atoms with Gasteiger partial charge >= 0.3 is 0 Å². The van der Waals surface area contributed by atoms with Crippen molar-refractivity contribution in [1.29, 1.82) is 0 Å². The average molecular weight is 254 g/mol. The number of likely N-dealkylation sites (tertiary alicyclic amines) is 1. The standard InChI is InChI=1S/C16H34N2/c1-3-5-6-7-8-9-12-17-16-10-14-18(13-4-2)15-11-16/h16-17H,3-15H2,1-2H3. The van der Waals surface area contributed by atoms with E-state index in [1.54, 1.807) is 0 Å². The number of piperidine rings is 1. The van der Waals surface area contributed by atoms with Crippen LogP contribution in [0.1, 0.15) is 71.6 Å². The Labute approximate surface area is 115 Å². The lowest BCUT2D eigenvalue weighted by atomic mass is 10.0. The van der Waals surface area contributed by atoms with Crippen LogP contribution in [-0.4, -0.2) is 37.1 Å². The van der Waals surface area contributed by atoms with Gasteiger partial charge < -0.3 is 10.2 Å². The van der Waals surface area contributed by atoms with Gasteiger partial charge in [-0.3, -0.25) is 0 Å². The molecule has 108 valence electrons. The van der Waals surface area contributed by atoms with E-state index in [2.05, 4.69) is 24.1 Å². The maximum Gasteiger partial charge on any atom is 0.00914 e. The van der Waals surface area contributed by atoms with Crippen molar-refractivity contribution >= 4 is 0 Å². The third-order valence-electron chi connectivity index (χ3n) is 4.09. The molecule has 2 nitrogen and oxygen atoms in total. The fraction of sp³-hybridized carbons (Fsp3) is 1.00. The van der Waals surface area contributed by atoms with Crippen LogP contribution in [0.3, 0.4) is 0 Å². The fourth-order valence-corrected chi connectivity index (χ4v) is 2.89. The largest absolute Gasteiger partial charge is 0.314 e. The van der Waals surface area contributed by atoms with Crippen LogP contribution >= 0.6 is 0 Å². The highest BCUT2D eigenvalue weighted by atomic mass is 15.1. The van der Waals surface area contributed by atoms with E-state index in [1.807, 2.05) is 0 Å². The normalized spacial score (nSPS) is 18.3. The maximum atomic E-state index is 3.75. The van der Waals surface area contributed by atoms with Gasteiger partial charge in [0.05, 0.1) is 0 Å². The smallest absolute Gasteiger partial charge is 0.00914 e. The Bertz CT molecular complexity index is 174. The van der Waals surface area contributed by atoms with E-state index in [0.29, 0.717) is 0 Å². The van der Waals surface area contributed by atoms with Crippen LogP contribution in [0, 0.1) is 0 Å². The Morgan fingerprint density at radius 3 is 2.22 bits per heavy atom. The van der Waals surface area contributed by atoms with Crippen molar-refractivity contribution in [2.75, 3.05) is 26.2 Å². The van der Waals surface area contributed by atoms with E-state index in [0.717, 1.165) is 6.04 Å². The first-order valence-electron chi connectivity index (χ1n) is 8.32. The second kappa shape index (κ2) is 10.8. The van der Waals surface area contributed by atoms with Crippen molar-refractivity contribution in [3.05, 3.63) is 0 Å². The Kier molecular flexibility index (Phi) is 9.59. The summed E-state index contributed by atoms with van der Waals surface area (Å²) in [7, 11) is 0. The molecule has 1 heterocycles. The second-order valence-corrected chi connectivity index (χ2v) is 5.84. The molecule has 0 aliphatic carbocycles. The van der Waals surface area contributed by atoms with Crippen molar-refractivity contribution in [1.82, 2.24) is 10.2 Å². The summed E-state index contributed by atoms with van der Waals surface area (Å²) in [4.78, 5) is 2.61. The summed E-state index contributed by atoms with van der Waals surface area (Å²) in [6.07, 6.45) is 12.5. The Morgan fingerprint density at radius 1 is 0.889 bits per heavy atom. The molecule has 0 radical (unpaired) electrons. The van der Waals surface area contributed by atoms with Crippen molar-refractivity contribution < 1.29 is 0 Å². The van der Waals surface area contributed by atoms with Crippen LogP contribution in [0.4, 0.5) is 0 Å². The molecule has 1 rings (SSSR count). The van der Waals surface area contributed by atoms with E-state index in [9.17, 15) is 0 Å². The summed E-state index contributed by atoms with van der Waals surface area (Å²) in [6, 6.07) is 0.800. The first-order chi connectivity index (χ1) is 8.86. The zero-order valence-corrected chi connectivity index (χ0v) is 12.7. The molecular formula is C16H34N2. The SMILES string of the molecule is CCCCCCCCNC1CCN(CCC)CC1. The van der Waals surface area contributed by atoms with Crippen molar-refractivity contribution in [3.8, 4) is 0 Å². The summed E-state index contributed by atoms with van der Waals surface area (Å²) in [5.41, 5.74) is 0. The van der Waals surface area contributed by atoms with Crippen LogP contribution < -0.4 is 5.32 Å². The quantitative estimate of drug-likeness (QED) is 0.596. The molecule has 1 fully saturated rings. The first-order valence-corrected chi connectivity index (χ1v) is 8.32. The minimum Gasteiger partial charge on any atom is -0.314 e. The van der Waals surface area contributed by atoms with Crippen LogP contribution in [0.5, 0.6) is 0 Å². The minimum atomic E-state index is 0.800. The molecule has 0 aromatic rings. The lowest BCUT2D eigenvalue weighted by Crippen LogP contribution is -2.42. The van der Waals surface area contributed by atoms with Gasteiger partial charge in [0.1, 0.15) is 0 Å². The first kappa shape index (κ1) is 16.0. The molecule has 0 atom stereocenters. The van der Waals surface area contributed by atoms with Gasteiger partial charge in [-0.1, -0.05) is 46.0 Å². The highest BCUT2D eigenvalue weighted by Crippen LogP contribution is 2.11. The number of hydrogen-bond donors (Lipinski definition) is 1. The van der Waals surface area contributed by atoms with E-state index in [-0.39, 0.29) is 0 Å². The molecule has 0 amide bonds. The van der Waals surface area contributed by atoms with E-state index in [4.69, 9.17) is 0 Å². The van der Waals surface area contributed by atoms with E-state index >= 15 is 0 Å².